The second-order valence-corrected chi connectivity index (χ2v) is 3.78. The number of para-hydroxylation sites is 2. The summed E-state index contributed by atoms with van der Waals surface area (Å²) in [5.74, 6) is 0. The second kappa shape index (κ2) is 6.61. The number of pyridine rings is 1. The number of urea groups is 1. The van der Waals surface area contributed by atoms with Crippen LogP contribution in [0.5, 0.6) is 0 Å². The molecule has 0 unspecified atom stereocenters. The molecular formula is C14H15N3OS. The molecule has 19 heavy (non-hydrogen) atoms. The Morgan fingerprint density at radius 3 is 1.63 bits per heavy atom. The number of nitrogens with zero attached hydrogens (tertiary/aromatic N) is 1. The molecule has 1 heterocycles. The number of benzene rings is 2. The van der Waals surface area contributed by atoms with Crippen LogP contribution in [0.25, 0.3) is 21.8 Å². The van der Waals surface area contributed by atoms with Gasteiger partial charge >= 0.3 is 6.03 Å². The number of nitrogens with two attached hydrogens (primary N) is 2. The molecule has 3 rings (SSSR count). The van der Waals surface area contributed by atoms with Gasteiger partial charge in [0, 0.05) is 10.8 Å². The predicted molar refractivity (Wildman–Crippen MR) is 83.4 cm³/mol. The van der Waals surface area contributed by atoms with Crippen molar-refractivity contribution in [1.29, 1.82) is 0 Å². The van der Waals surface area contributed by atoms with Gasteiger partial charge in [0.1, 0.15) is 0 Å². The van der Waals surface area contributed by atoms with Gasteiger partial charge in [-0.2, -0.15) is 13.5 Å². The monoisotopic (exact) mass is 273 g/mol. The van der Waals surface area contributed by atoms with Crippen LogP contribution in [0.2, 0.25) is 0 Å². The summed E-state index contributed by atoms with van der Waals surface area (Å²) < 4.78 is 0. The van der Waals surface area contributed by atoms with E-state index in [2.05, 4.69) is 34.7 Å². The van der Waals surface area contributed by atoms with Crippen LogP contribution in [-0.2, 0) is 0 Å². The van der Waals surface area contributed by atoms with E-state index in [1.165, 1.54) is 10.8 Å². The first kappa shape index (κ1) is 14.8. The summed E-state index contributed by atoms with van der Waals surface area (Å²) >= 11 is 0. The lowest BCUT2D eigenvalue weighted by atomic mass is 10.1. The topological polar surface area (TPSA) is 82.0 Å². The van der Waals surface area contributed by atoms with Crippen LogP contribution in [0.4, 0.5) is 4.79 Å². The van der Waals surface area contributed by atoms with Gasteiger partial charge in [-0.3, -0.25) is 0 Å². The molecule has 0 bridgehead atoms. The maximum absolute atomic E-state index is 9.00. The van der Waals surface area contributed by atoms with Crippen LogP contribution in [0, 0.1) is 0 Å². The lowest BCUT2D eigenvalue weighted by Crippen LogP contribution is -2.18. The number of hydrogen-bond donors (Lipinski definition) is 2. The Labute approximate surface area is 117 Å². The molecule has 4 nitrogen and oxygen atoms in total. The van der Waals surface area contributed by atoms with Crippen molar-refractivity contribution in [2.24, 2.45) is 11.5 Å². The van der Waals surface area contributed by atoms with E-state index >= 15 is 0 Å². The van der Waals surface area contributed by atoms with Crippen molar-refractivity contribution in [3.63, 3.8) is 0 Å². The van der Waals surface area contributed by atoms with Crippen LogP contribution < -0.4 is 11.5 Å². The van der Waals surface area contributed by atoms with Gasteiger partial charge in [-0.05, 0) is 18.2 Å². The smallest absolute Gasteiger partial charge is 0.309 e. The zero-order valence-corrected chi connectivity index (χ0v) is 11.2. The van der Waals surface area contributed by atoms with Crippen molar-refractivity contribution < 1.29 is 4.79 Å². The van der Waals surface area contributed by atoms with E-state index in [4.69, 9.17) is 4.79 Å². The van der Waals surface area contributed by atoms with E-state index in [9.17, 15) is 0 Å². The van der Waals surface area contributed by atoms with Gasteiger partial charge in [0.25, 0.3) is 0 Å². The van der Waals surface area contributed by atoms with Crippen molar-refractivity contribution in [2.45, 2.75) is 0 Å². The quantitative estimate of drug-likeness (QED) is 0.617. The molecule has 2 aromatic carbocycles. The fraction of sp³-hybridized carbons (Fsp3) is 0. The van der Waals surface area contributed by atoms with Crippen LogP contribution in [0.15, 0.2) is 54.6 Å². The van der Waals surface area contributed by atoms with Gasteiger partial charge in [-0.25, -0.2) is 9.78 Å². The molecule has 0 atom stereocenters. The Kier molecular flexibility index (Phi) is 5.14. The molecule has 3 aromatic rings. The Morgan fingerprint density at radius 2 is 1.21 bits per heavy atom. The van der Waals surface area contributed by atoms with E-state index in [1.807, 2.05) is 36.4 Å². The van der Waals surface area contributed by atoms with E-state index in [0.717, 1.165) is 11.0 Å². The number of hydrogen-bond acceptors (Lipinski definition) is 2. The normalized spacial score (nSPS) is 9.26. The third-order valence-corrected chi connectivity index (χ3v) is 2.43. The minimum absolute atomic E-state index is 0. The molecule has 0 spiro atoms. The summed E-state index contributed by atoms with van der Waals surface area (Å²) in [5, 5.41) is 2.40. The van der Waals surface area contributed by atoms with Gasteiger partial charge in [-0.15, -0.1) is 0 Å². The molecule has 0 radical (unpaired) electrons. The third kappa shape index (κ3) is 3.86. The second-order valence-electron chi connectivity index (χ2n) is 3.78. The number of fused-ring (bicyclic) bond motifs is 2. The van der Waals surface area contributed by atoms with E-state index < -0.39 is 6.03 Å². The fourth-order valence-electron chi connectivity index (χ4n) is 1.72. The van der Waals surface area contributed by atoms with Crippen molar-refractivity contribution in [1.82, 2.24) is 4.98 Å². The standard InChI is InChI=1S/C13H9N.CH4N2O.H2S/c1-3-7-12-10(5-1)9-11-6-2-4-8-13(11)14-12;2-1(3)4;/h1-9H;(H4,2,3,4);1H2. The predicted octanol–water partition coefficient (Wildman–Crippen LogP) is 2.52. The molecular weight excluding hydrogens is 258 g/mol. The van der Waals surface area contributed by atoms with Crippen molar-refractivity contribution in [3.05, 3.63) is 54.6 Å². The molecule has 0 fully saturated rings. The van der Waals surface area contributed by atoms with Crippen molar-refractivity contribution in [2.75, 3.05) is 0 Å². The largest absolute Gasteiger partial charge is 0.352 e. The van der Waals surface area contributed by atoms with Crippen LogP contribution in [0.1, 0.15) is 0 Å². The summed E-state index contributed by atoms with van der Waals surface area (Å²) in [6, 6.07) is 17.7. The number of carbonyl (C=O) groups is 1. The Balaban J connectivity index is 0.000000323. The number of primary amides is 2. The molecule has 98 valence electrons. The molecule has 0 saturated carbocycles. The van der Waals surface area contributed by atoms with E-state index in [1.54, 1.807) is 0 Å². The average molecular weight is 273 g/mol. The molecule has 0 saturated heterocycles. The highest BCUT2D eigenvalue weighted by molar-refractivity contribution is 7.59. The summed E-state index contributed by atoms with van der Waals surface area (Å²) in [5.41, 5.74) is 10.6. The lowest BCUT2D eigenvalue weighted by Gasteiger charge is -1.99. The Bertz CT molecular complexity index is 591. The summed E-state index contributed by atoms with van der Waals surface area (Å²) in [4.78, 5) is 13.6. The number of aromatic nitrogens is 1. The number of amides is 2. The minimum atomic E-state index is -0.833. The maximum Gasteiger partial charge on any atom is 0.309 e. The highest BCUT2D eigenvalue weighted by Crippen LogP contribution is 2.18. The van der Waals surface area contributed by atoms with Crippen molar-refractivity contribution in [3.8, 4) is 0 Å². The maximum atomic E-state index is 9.00. The SMILES string of the molecule is NC(N)=O.S.c1ccc2nc3ccccc3cc2c1. The van der Waals surface area contributed by atoms with Crippen LogP contribution in [0.3, 0.4) is 0 Å². The first-order chi connectivity index (χ1) is 8.66. The van der Waals surface area contributed by atoms with Gasteiger partial charge in [-0.1, -0.05) is 36.4 Å². The first-order valence-electron chi connectivity index (χ1n) is 5.46. The zero-order chi connectivity index (χ0) is 13.0. The molecule has 0 aliphatic carbocycles. The third-order valence-electron chi connectivity index (χ3n) is 2.43. The van der Waals surface area contributed by atoms with Crippen LogP contribution in [-0.4, -0.2) is 11.0 Å². The summed E-state index contributed by atoms with van der Waals surface area (Å²) in [7, 11) is 0. The van der Waals surface area contributed by atoms with Gasteiger partial charge in [0.2, 0.25) is 0 Å². The van der Waals surface area contributed by atoms with E-state index in [-0.39, 0.29) is 13.5 Å². The highest BCUT2D eigenvalue weighted by Gasteiger charge is 1.96. The van der Waals surface area contributed by atoms with Crippen LogP contribution >= 0.6 is 13.5 Å². The summed E-state index contributed by atoms with van der Waals surface area (Å²) in [6.45, 7) is 0. The number of rotatable bonds is 0. The molecule has 0 aliphatic heterocycles. The minimum Gasteiger partial charge on any atom is -0.352 e. The Morgan fingerprint density at radius 1 is 0.842 bits per heavy atom. The number of carbonyl (C=O) groups excluding carboxylic acids is 1. The van der Waals surface area contributed by atoms with Crippen molar-refractivity contribution >= 4 is 41.3 Å². The van der Waals surface area contributed by atoms with E-state index in [0.29, 0.717) is 0 Å². The molecule has 1 aromatic heterocycles. The molecule has 0 aliphatic rings. The Hall–Kier alpha value is -2.27. The fourth-order valence-corrected chi connectivity index (χ4v) is 1.72. The summed E-state index contributed by atoms with van der Waals surface area (Å²) in [6.07, 6.45) is 0. The molecule has 2 amide bonds. The average Bonchev–Trinajstić information content (AvgIpc) is 2.35. The molecule has 4 N–H and O–H groups in total. The molecule has 5 heteroatoms. The van der Waals surface area contributed by atoms with Gasteiger partial charge < -0.3 is 11.5 Å². The van der Waals surface area contributed by atoms with Gasteiger partial charge in [0.05, 0.1) is 11.0 Å². The van der Waals surface area contributed by atoms with Gasteiger partial charge in [0.15, 0.2) is 0 Å². The first-order valence-corrected chi connectivity index (χ1v) is 5.46. The zero-order valence-electron chi connectivity index (χ0n) is 10.2. The highest BCUT2D eigenvalue weighted by atomic mass is 32.1. The lowest BCUT2D eigenvalue weighted by molar-refractivity contribution is 0.256.